The third kappa shape index (κ3) is 8.36. The third-order valence-electron chi connectivity index (χ3n) is 5.96. The van der Waals surface area contributed by atoms with E-state index in [9.17, 15) is 14.1 Å². The zero-order valence-electron chi connectivity index (χ0n) is 21.7. The van der Waals surface area contributed by atoms with Crippen molar-refractivity contribution in [3.8, 4) is 11.3 Å². The number of hydrogen-bond donors (Lipinski definition) is 4. The van der Waals surface area contributed by atoms with Crippen LogP contribution in [-0.4, -0.2) is 82.1 Å². The molecule has 1 aromatic heterocycles. The highest BCUT2D eigenvalue weighted by Crippen LogP contribution is 2.22. The number of anilines is 2. The van der Waals surface area contributed by atoms with E-state index in [4.69, 9.17) is 15.2 Å². The predicted molar refractivity (Wildman–Crippen MR) is 149 cm³/mol. The molecule has 0 saturated carbocycles. The molecule has 0 fully saturated rings. The number of aliphatic hydroxyl groups is 1. The van der Waals surface area contributed by atoms with Gasteiger partial charge in [0.05, 0.1) is 49.8 Å². The largest absolute Gasteiger partial charge is 0.395 e. The van der Waals surface area contributed by atoms with Crippen molar-refractivity contribution in [2.24, 2.45) is 0 Å². The number of ether oxygens (including phenoxy) is 2. The zero-order valence-corrected chi connectivity index (χ0v) is 22.5. The Morgan fingerprint density at radius 2 is 1.90 bits per heavy atom. The first-order chi connectivity index (χ1) is 19.0. The van der Waals surface area contributed by atoms with E-state index in [1.165, 1.54) is 6.20 Å². The number of carbonyl (C=O) groups excluding carboxylic acids is 1. The Morgan fingerprint density at radius 3 is 2.72 bits per heavy atom. The van der Waals surface area contributed by atoms with Gasteiger partial charge in [-0.05, 0) is 42.8 Å². The Balaban J connectivity index is 1.56. The maximum atomic E-state index is 13.2. The van der Waals surface area contributed by atoms with Gasteiger partial charge in [0.1, 0.15) is 11.0 Å². The van der Waals surface area contributed by atoms with E-state index >= 15 is 0 Å². The summed E-state index contributed by atoms with van der Waals surface area (Å²) in [5.41, 5.74) is 8.64. The second-order valence-electron chi connectivity index (χ2n) is 8.84. The number of fused-ring (bicyclic) bond motifs is 15. The Morgan fingerprint density at radius 1 is 1.08 bits per heavy atom. The monoisotopic (exact) mass is 554 g/mol. The number of aliphatic hydroxyl groups excluding tert-OH is 1. The molecule has 3 aromatic rings. The van der Waals surface area contributed by atoms with Crippen LogP contribution in [0.2, 0.25) is 0 Å². The molecule has 39 heavy (non-hydrogen) atoms. The van der Waals surface area contributed by atoms with Crippen LogP contribution < -0.4 is 16.4 Å². The van der Waals surface area contributed by atoms with Gasteiger partial charge in [-0.3, -0.25) is 4.79 Å². The lowest BCUT2D eigenvalue weighted by atomic mass is 10.1. The fraction of sp³-hybridized carbons (Fsp3) is 0.370. The number of aromatic nitrogens is 2. The molecule has 11 nitrogen and oxygen atoms in total. The van der Waals surface area contributed by atoms with Gasteiger partial charge < -0.3 is 30.9 Å². The third-order valence-corrected chi connectivity index (χ3v) is 7.47. The Bertz CT molecular complexity index is 1260. The SMILES string of the molecule is Nc1ncc2nc1C(=O)Nc1cccc(c1)COCCOCCNCCCN(CCO)S(=O)c1ccc-2cc1. The van der Waals surface area contributed by atoms with Crippen LogP contribution in [0, 0.1) is 0 Å². The van der Waals surface area contributed by atoms with E-state index in [1.54, 1.807) is 34.6 Å². The van der Waals surface area contributed by atoms with E-state index in [1.807, 2.05) is 18.2 Å². The van der Waals surface area contributed by atoms with Gasteiger partial charge in [-0.15, -0.1) is 0 Å². The van der Waals surface area contributed by atoms with Crippen molar-refractivity contribution < 1.29 is 23.6 Å². The molecule has 208 valence electrons. The lowest BCUT2D eigenvalue weighted by molar-refractivity contribution is 0.0416. The number of carbonyl (C=O) groups is 1. The Kier molecular flexibility index (Phi) is 10.9. The lowest BCUT2D eigenvalue weighted by Crippen LogP contribution is -2.32. The number of amides is 1. The van der Waals surface area contributed by atoms with Gasteiger partial charge >= 0.3 is 0 Å². The fourth-order valence-corrected chi connectivity index (χ4v) is 5.18. The normalized spacial score (nSPS) is 18.6. The minimum absolute atomic E-state index is 0.00667. The summed E-state index contributed by atoms with van der Waals surface area (Å²) in [5.74, 6) is -0.468. The molecular weight excluding hydrogens is 520 g/mol. The lowest BCUT2D eigenvalue weighted by Gasteiger charge is -2.20. The van der Waals surface area contributed by atoms with Gasteiger partial charge in [0.15, 0.2) is 11.5 Å². The van der Waals surface area contributed by atoms with Gasteiger partial charge in [-0.1, -0.05) is 24.3 Å². The summed E-state index contributed by atoms with van der Waals surface area (Å²) in [6, 6.07) is 14.4. The molecule has 5 N–H and O–H groups in total. The summed E-state index contributed by atoms with van der Waals surface area (Å²) in [4.78, 5) is 22.3. The van der Waals surface area contributed by atoms with E-state index in [-0.39, 0.29) is 18.1 Å². The molecule has 0 aliphatic carbocycles. The topological polar surface area (TPSA) is 152 Å². The molecule has 0 spiro atoms. The molecule has 0 saturated heterocycles. The molecule has 1 atom stereocenters. The van der Waals surface area contributed by atoms with Crippen molar-refractivity contribution in [2.75, 3.05) is 63.7 Å². The van der Waals surface area contributed by atoms with Crippen LogP contribution >= 0.6 is 0 Å². The number of rotatable bonds is 2. The second-order valence-corrected chi connectivity index (χ2v) is 10.3. The predicted octanol–water partition coefficient (Wildman–Crippen LogP) is 1.82. The summed E-state index contributed by atoms with van der Waals surface area (Å²) in [5, 5.41) is 15.6. The first-order valence-electron chi connectivity index (χ1n) is 12.8. The number of nitrogens with two attached hydrogens (primary N) is 1. The highest BCUT2D eigenvalue weighted by atomic mass is 32.2. The molecule has 6 bridgehead atoms. The van der Waals surface area contributed by atoms with Crippen LogP contribution in [0.15, 0.2) is 59.6 Å². The van der Waals surface area contributed by atoms with E-state index in [0.717, 1.165) is 18.5 Å². The highest BCUT2D eigenvalue weighted by molar-refractivity contribution is 7.82. The van der Waals surface area contributed by atoms with Gasteiger partial charge in [-0.2, -0.15) is 0 Å². The first-order valence-corrected chi connectivity index (χ1v) is 13.9. The van der Waals surface area contributed by atoms with Crippen molar-refractivity contribution in [3.63, 3.8) is 0 Å². The van der Waals surface area contributed by atoms with Crippen LogP contribution in [0.5, 0.6) is 0 Å². The zero-order chi connectivity index (χ0) is 27.5. The summed E-state index contributed by atoms with van der Waals surface area (Å²) in [7, 11) is -1.44. The van der Waals surface area contributed by atoms with Crippen molar-refractivity contribution in [1.82, 2.24) is 19.6 Å². The average molecular weight is 555 g/mol. The molecule has 2 aliphatic heterocycles. The summed E-state index contributed by atoms with van der Waals surface area (Å²) >= 11 is 0. The quantitative estimate of drug-likeness (QED) is 0.348. The average Bonchev–Trinajstić information content (AvgIpc) is 2.95. The van der Waals surface area contributed by atoms with Crippen LogP contribution in [0.1, 0.15) is 22.5 Å². The van der Waals surface area contributed by atoms with Crippen molar-refractivity contribution >= 4 is 28.4 Å². The Labute approximate surface area is 230 Å². The molecule has 2 aromatic carbocycles. The number of hydrogen-bond acceptors (Lipinski definition) is 9. The van der Waals surface area contributed by atoms with E-state index in [0.29, 0.717) is 67.9 Å². The number of benzene rings is 2. The first kappa shape index (κ1) is 28.7. The molecule has 3 heterocycles. The van der Waals surface area contributed by atoms with Crippen molar-refractivity contribution in [1.29, 1.82) is 0 Å². The molecular formula is C27H34N6O5S. The standard InChI is InChI=1S/C27H34N6O5S/c28-26-25-27(35)31-22-4-1-3-20(17-22)19-38-16-15-37-14-10-29-9-2-11-33(12-13-34)39(36)23-7-5-21(6-8-23)24(32-25)18-30-26/h1,3-8,17-18,29,34H,2,9-16,19H2,(H2,28,30)(H,31,35). The Hall–Kier alpha value is -3.26. The molecule has 5 rings (SSSR count). The number of nitrogen functional groups attached to an aromatic ring is 1. The van der Waals surface area contributed by atoms with E-state index in [2.05, 4.69) is 20.6 Å². The van der Waals surface area contributed by atoms with Gasteiger partial charge in [0.25, 0.3) is 5.91 Å². The molecule has 12 heteroatoms. The second kappa shape index (κ2) is 14.8. The summed E-state index contributed by atoms with van der Waals surface area (Å²) in [6.45, 7) is 4.02. The van der Waals surface area contributed by atoms with Gasteiger partial charge in [0, 0.05) is 30.9 Å². The highest BCUT2D eigenvalue weighted by Gasteiger charge is 2.17. The van der Waals surface area contributed by atoms with Crippen LogP contribution in [-0.2, 0) is 27.1 Å². The van der Waals surface area contributed by atoms with Crippen molar-refractivity contribution in [3.05, 3.63) is 66.0 Å². The fourth-order valence-electron chi connectivity index (χ4n) is 3.97. The smallest absolute Gasteiger partial charge is 0.278 e. The molecule has 1 unspecified atom stereocenters. The minimum Gasteiger partial charge on any atom is -0.395 e. The summed E-state index contributed by atoms with van der Waals surface area (Å²) in [6.07, 6.45) is 2.26. The number of nitrogens with zero attached hydrogens (tertiary/aromatic N) is 3. The molecule has 0 radical (unpaired) electrons. The van der Waals surface area contributed by atoms with Crippen LogP contribution in [0.3, 0.4) is 0 Å². The van der Waals surface area contributed by atoms with Crippen LogP contribution in [0.25, 0.3) is 11.3 Å². The maximum Gasteiger partial charge on any atom is 0.278 e. The van der Waals surface area contributed by atoms with Crippen molar-refractivity contribution in [2.45, 2.75) is 17.9 Å². The minimum atomic E-state index is -1.44. The van der Waals surface area contributed by atoms with E-state index < -0.39 is 16.9 Å². The maximum absolute atomic E-state index is 13.2. The van der Waals surface area contributed by atoms with Crippen LogP contribution in [0.4, 0.5) is 11.5 Å². The molecule has 2 aliphatic rings. The van der Waals surface area contributed by atoms with Gasteiger partial charge in [-0.25, -0.2) is 18.5 Å². The van der Waals surface area contributed by atoms with Gasteiger partial charge in [0.2, 0.25) is 0 Å². The number of nitrogens with one attached hydrogen (secondary N) is 2. The summed E-state index contributed by atoms with van der Waals surface area (Å²) < 4.78 is 26.3. The molecule has 1 amide bonds.